The third-order valence-corrected chi connectivity index (χ3v) is 7.22. The fourth-order valence-corrected chi connectivity index (χ4v) is 5.29. The van der Waals surface area contributed by atoms with Crippen molar-refractivity contribution in [3.8, 4) is 0 Å². The van der Waals surface area contributed by atoms with E-state index in [-0.39, 0.29) is 11.9 Å². The number of thiocarbonyl (C=S) groups is 1. The van der Waals surface area contributed by atoms with Crippen molar-refractivity contribution in [2.75, 3.05) is 31.5 Å². The van der Waals surface area contributed by atoms with Gasteiger partial charge in [0.1, 0.15) is 5.69 Å². The van der Waals surface area contributed by atoms with Gasteiger partial charge < -0.3 is 20.9 Å². The van der Waals surface area contributed by atoms with Gasteiger partial charge in [-0.25, -0.2) is 0 Å². The molecule has 28 heavy (non-hydrogen) atoms. The monoisotopic (exact) mass is 415 g/mol. The lowest BCUT2D eigenvalue weighted by molar-refractivity contribution is 0.0619. The van der Waals surface area contributed by atoms with Gasteiger partial charge in [0, 0.05) is 30.2 Å². The smallest absolute Gasteiger partial charge is 0.271 e. The molecular weight excluding hydrogens is 390 g/mol. The maximum atomic E-state index is 12.9. The maximum Gasteiger partial charge on any atom is 0.271 e. The molecule has 1 atom stereocenters. The number of carbonyl (C=O) groups excluding carboxylic acids is 1. The van der Waals surface area contributed by atoms with Crippen LogP contribution in [0.25, 0.3) is 10.1 Å². The van der Waals surface area contributed by atoms with E-state index in [1.165, 1.54) is 50.3 Å². The summed E-state index contributed by atoms with van der Waals surface area (Å²) in [5, 5.41) is 11.3. The lowest BCUT2D eigenvalue weighted by atomic mass is 9.84. The molecule has 4 fully saturated rings. The first kappa shape index (κ1) is 18.3. The quantitative estimate of drug-likeness (QED) is 0.653. The van der Waals surface area contributed by atoms with E-state index in [4.69, 9.17) is 12.2 Å². The second-order valence-corrected chi connectivity index (χ2v) is 9.45. The highest BCUT2D eigenvalue weighted by Gasteiger charge is 2.35. The highest BCUT2D eigenvalue weighted by atomic mass is 32.1. The van der Waals surface area contributed by atoms with E-state index in [2.05, 4.69) is 25.2 Å². The van der Waals surface area contributed by atoms with Gasteiger partial charge in [-0.2, -0.15) is 4.37 Å². The van der Waals surface area contributed by atoms with Crippen LogP contribution in [0, 0.1) is 11.8 Å². The zero-order chi connectivity index (χ0) is 19.1. The lowest BCUT2D eigenvalue weighted by Gasteiger charge is -2.44. The highest BCUT2D eigenvalue weighted by molar-refractivity contribution is 7.80. The van der Waals surface area contributed by atoms with Crippen LogP contribution in [0.3, 0.4) is 0 Å². The minimum Gasteiger partial charge on any atom is -0.362 e. The van der Waals surface area contributed by atoms with Gasteiger partial charge >= 0.3 is 0 Å². The first-order chi connectivity index (χ1) is 13.7. The number of nitrogens with one attached hydrogen (secondary N) is 3. The van der Waals surface area contributed by atoms with Gasteiger partial charge in [-0.3, -0.25) is 4.79 Å². The Morgan fingerprint density at radius 2 is 2.07 bits per heavy atom. The summed E-state index contributed by atoms with van der Waals surface area (Å²) in [6, 6.07) is 6.20. The van der Waals surface area contributed by atoms with Gasteiger partial charge in [-0.1, -0.05) is 0 Å². The van der Waals surface area contributed by atoms with E-state index >= 15 is 0 Å². The van der Waals surface area contributed by atoms with E-state index < -0.39 is 0 Å². The Kier molecular flexibility index (Phi) is 4.94. The molecule has 0 unspecified atom stereocenters. The number of nitrogens with zero attached hydrogens (tertiary/aromatic N) is 2. The van der Waals surface area contributed by atoms with Crippen molar-refractivity contribution in [3.05, 3.63) is 23.9 Å². The van der Waals surface area contributed by atoms with E-state index in [9.17, 15) is 4.79 Å². The molecule has 1 aliphatic carbocycles. The Bertz CT molecular complexity index is 901. The molecule has 1 aromatic carbocycles. The normalized spacial score (nSPS) is 26.2. The Balaban J connectivity index is 1.25. The summed E-state index contributed by atoms with van der Waals surface area (Å²) in [4.78, 5) is 15.3. The molecular formula is C20H25N5OS2. The fourth-order valence-electron chi connectivity index (χ4n) is 4.28. The number of aromatic nitrogens is 1. The Labute approximate surface area is 174 Å². The number of fused-ring (bicyclic) bond motifs is 4. The molecule has 3 N–H and O–H groups in total. The lowest BCUT2D eigenvalue weighted by Crippen LogP contribution is -2.57. The Morgan fingerprint density at radius 3 is 2.79 bits per heavy atom. The van der Waals surface area contributed by atoms with Crippen LogP contribution in [0.5, 0.6) is 0 Å². The van der Waals surface area contributed by atoms with Crippen molar-refractivity contribution >= 4 is 50.5 Å². The fraction of sp³-hybridized carbons (Fsp3) is 0.550. The molecule has 6 nitrogen and oxygen atoms in total. The Morgan fingerprint density at radius 1 is 1.25 bits per heavy atom. The summed E-state index contributed by atoms with van der Waals surface area (Å²) in [6.07, 6.45) is 4.97. The summed E-state index contributed by atoms with van der Waals surface area (Å²) < 4.78 is 5.45. The van der Waals surface area contributed by atoms with Crippen LogP contribution in [0.1, 0.15) is 36.2 Å². The van der Waals surface area contributed by atoms with Crippen molar-refractivity contribution in [3.63, 3.8) is 0 Å². The molecule has 4 aliphatic rings. The molecule has 2 bridgehead atoms. The highest BCUT2D eigenvalue weighted by Crippen LogP contribution is 2.30. The van der Waals surface area contributed by atoms with Crippen LogP contribution in [0.2, 0.25) is 0 Å². The van der Waals surface area contributed by atoms with E-state index in [1.807, 2.05) is 18.2 Å². The van der Waals surface area contributed by atoms with Gasteiger partial charge in [0.15, 0.2) is 5.11 Å². The zero-order valence-electron chi connectivity index (χ0n) is 15.7. The molecule has 3 aliphatic heterocycles. The van der Waals surface area contributed by atoms with Crippen molar-refractivity contribution in [1.29, 1.82) is 0 Å². The molecule has 4 heterocycles. The van der Waals surface area contributed by atoms with Crippen LogP contribution >= 0.6 is 23.8 Å². The second-order valence-electron chi connectivity index (χ2n) is 8.24. The van der Waals surface area contributed by atoms with Crippen molar-refractivity contribution in [2.45, 2.75) is 31.7 Å². The number of hydrogen-bond donors (Lipinski definition) is 3. The molecule has 8 heteroatoms. The average Bonchev–Trinajstić information content (AvgIpc) is 3.45. The number of amides is 1. The topological polar surface area (TPSA) is 69.3 Å². The predicted octanol–water partition coefficient (Wildman–Crippen LogP) is 2.82. The minimum atomic E-state index is -0.0488. The summed E-state index contributed by atoms with van der Waals surface area (Å²) in [5.41, 5.74) is 1.46. The van der Waals surface area contributed by atoms with Crippen LogP contribution in [-0.4, -0.2) is 52.5 Å². The molecule has 1 aromatic heterocycles. The summed E-state index contributed by atoms with van der Waals surface area (Å²) in [5.74, 6) is 1.34. The van der Waals surface area contributed by atoms with Crippen LogP contribution < -0.4 is 16.0 Å². The minimum absolute atomic E-state index is 0.0488. The summed E-state index contributed by atoms with van der Waals surface area (Å²) in [7, 11) is 0. The maximum absolute atomic E-state index is 12.9. The zero-order valence-corrected chi connectivity index (χ0v) is 17.4. The van der Waals surface area contributed by atoms with Crippen LogP contribution in [0.15, 0.2) is 18.2 Å². The average molecular weight is 416 g/mol. The van der Waals surface area contributed by atoms with E-state index in [0.717, 1.165) is 34.8 Å². The number of anilines is 1. The van der Waals surface area contributed by atoms with Gasteiger partial charge in [-0.15, -0.1) is 0 Å². The standard InChI is InChI=1S/C20H25N5OS2/c26-19(23-16-11-25-7-5-13(16)6-8-25)18-15-4-3-14(9-17(15)28-24-18)22-20(27)21-10-12-1-2-12/h3-4,9,12-13,16H,1-2,5-8,10-11H2,(H,23,26)(H2,21,22,27)/t16-/m1/s1. The second kappa shape index (κ2) is 7.57. The summed E-state index contributed by atoms with van der Waals surface area (Å²) in [6.45, 7) is 4.25. The van der Waals surface area contributed by atoms with E-state index in [0.29, 0.717) is 16.7 Å². The first-order valence-electron chi connectivity index (χ1n) is 10.1. The van der Waals surface area contributed by atoms with Crippen LogP contribution in [-0.2, 0) is 0 Å². The third-order valence-electron chi connectivity index (χ3n) is 6.17. The molecule has 1 amide bonds. The number of benzene rings is 1. The van der Waals surface area contributed by atoms with Gasteiger partial charge in [0.05, 0.1) is 4.70 Å². The predicted molar refractivity (Wildman–Crippen MR) is 117 cm³/mol. The molecule has 0 radical (unpaired) electrons. The largest absolute Gasteiger partial charge is 0.362 e. The first-order valence-corrected chi connectivity index (χ1v) is 11.3. The molecule has 1 saturated carbocycles. The van der Waals surface area contributed by atoms with E-state index in [1.54, 1.807) is 0 Å². The van der Waals surface area contributed by atoms with Crippen molar-refractivity contribution < 1.29 is 4.79 Å². The van der Waals surface area contributed by atoms with Gasteiger partial charge in [0.2, 0.25) is 0 Å². The molecule has 6 rings (SSSR count). The van der Waals surface area contributed by atoms with Crippen molar-refractivity contribution in [1.82, 2.24) is 19.9 Å². The third kappa shape index (κ3) is 3.86. The number of rotatable bonds is 5. The van der Waals surface area contributed by atoms with Crippen LogP contribution in [0.4, 0.5) is 5.69 Å². The number of piperidine rings is 3. The number of hydrogen-bond acceptors (Lipinski definition) is 5. The number of carbonyl (C=O) groups is 1. The van der Waals surface area contributed by atoms with Crippen molar-refractivity contribution in [2.24, 2.45) is 11.8 Å². The molecule has 0 spiro atoms. The molecule has 3 saturated heterocycles. The molecule has 148 valence electrons. The van der Waals surface area contributed by atoms with Gasteiger partial charge in [-0.05, 0) is 92.6 Å². The molecule has 2 aromatic rings. The SMILES string of the molecule is O=C(N[C@@H]1CN2CCC1CC2)c1nsc2cc(NC(=S)NCC3CC3)ccc12. The summed E-state index contributed by atoms with van der Waals surface area (Å²) >= 11 is 6.73. The van der Waals surface area contributed by atoms with Gasteiger partial charge in [0.25, 0.3) is 5.91 Å². The Hall–Kier alpha value is -1.77.